The lowest BCUT2D eigenvalue weighted by Crippen LogP contribution is -2.56. The van der Waals surface area contributed by atoms with Crippen molar-refractivity contribution in [2.24, 2.45) is 11.8 Å². The molecule has 1 N–H and O–H groups in total. The van der Waals surface area contributed by atoms with Crippen LogP contribution in [0.5, 0.6) is 0 Å². The molecule has 2 aliphatic rings. The maximum Gasteiger partial charge on any atom is 0.239 e. The minimum Gasteiger partial charge on any atom is -0.341 e. The molecule has 30 heavy (non-hydrogen) atoms. The Morgan fingerprint density at radius 1 is 1.07 bits per heavy atom. The lowest BCUT2D eigenvalue weighted by atomic mass is 9.91. The minimum absolute atomic E-state index is 0.0322. The second kappa shape index (κ2) is 10.4. The molecular formula is C24H38N4O2. The Morgan fingerprint density at radius 2 is 1.70 bits per heavy atom. The molecule has 0 unspecified atom stereocenters. The maximum absolute atomic E-state index is 13.0. The Morgan fingerprint density at radius 3 is 2.33 bits per heavy atom. The van der Waals surface area contributed by atoms with Gasteiger partial charge in [-0.15, -0.1) is 0 Å². The fraction of sp³-hybridized carbons (Fsp3) is 0.667. The van der Waals surface area contributed by atoms with Crippen molar-refractivity contribution in [2.45, 2.75) is 46.6 Å². The zero-order valence-corrected chi connectivity index (χ0v) is 19.1. The summed E-state index contributed by atoms with van der Waals surface area (Å²) in [5.41, 5.74) is 2.07. The van der Waals surface area contributed by atoms with Gasteiger partial charge in [-0.3, -0.25) is 19.4 Å². The Balaban J connectivity index is 1.46. The number of para-hydroxylation sites is 1. The van der Waals surface area contributed by atoms with Gasteiger partial charge >= 0.3 is 0 Å². The van der Waals surface area contributed by atoms with Crippen LogP contribution in [0, 0.1) is 11.8 Å². The minimum atomic E-state index is -0.0880. The van der Waals surface area contributed by atoms with Gasteiger partial charge in [-0.1, -0.05) is 39.0 Å². The summed E-state index contributed by atoms with van der Waals surface area (Å²) >= 11 is 0. The van der Waals surface area contributed by atoms with Crippen LogP contribution in [0.2, 0.25) is 0 Å². The number of piperazine rings is 1. The van der Waals surface area contributed by atoms with Gasteiger partial charge in [0, 0.05) is 45.0 Å². The number of hydrogen-bond acceptors (Lipinski definition) is 4. The molecule has 166 valence electrons. The highest BCUT2D eigenvalue weighted by Gasteiger charge is 2.32. The average Bonchev–Trinajstić information content (AvgIpc) is 2.73. The quantitative estimate of drug-likeness (QED) is 0.778. The number of aryl methyl sites for hydroxylation is 1. The smallest absolute Gasteiger partial charge is 0.239 e. The third kappa shape index (κ3) is 5.82. The van der Waals surface area contributed by atoms with Crippen molar-refractivity contribution in [3.05, 3.63) is 29.8 Å². The molecule has 3 rings (SSSR count). The fourth-order valence-electron chi connectivity index (χ4n) is 4.92. The highest BCUT2D eigenvalue weighted by Crippen LogP contribution is 2.22. The summed E-state index contributed by atoms with van der Waals surface area (Å²) in [6, 6.07) is 7.88. The predicted molar refractivity (Wildman–Crippen MR) is 121 cm³/mol. The first-order valence-corrected chi connectivity index (χ1v) is 11.5. The van der Waals surface area contributed by atoms with Crippen LogP contribution in [0.4, 0.5) is 5.69 Å². The monoisotopic (exact) mass is 414 g/mol. The number of rotatable bonds is 6. The van der Waals surface area contributed by atoms with Gasteiger partial charge in [-0.25, -0.2) is 0 Å². The number of benzene rings is 1. The maximum atomic E-state index is 13.0. The van der Waals surface area contributed by atoms with Gasteiger partial charge in [0.1, 0.15) is 0 Å². The third-order valence-corrected chi connectivity index (χ3v) is 6.53. The SMILES string of the molecule is CCc1ccccc1NC(=O)CN1CCN([C@@H](C)C(=O)N2C[C@H](C)C[C@H](C)C2)CC1. The number of carbonyl (C=O) groups is 2. The highest BCUT2D eigenvalue weighted by molar-refractivity contribution is 5.93. The molecule has 0 aromatic heterocycles. The molecule has 2 heterocycles. The summed E-state index contributed by atoms with van der Waals surface area (Å²) < 4.78 is 0. The van der Waals surface area contributed by atoms with Crippen LogP contribution in [0.25, 0.3) is 0 Å². The van der Waals surface area contributed by atoms with E-state index in [0.717, 1.165) is 56.9 Å². The van der Waals surface area contributed by atoms with Crippen LogP contribution in [0.1, 0.15) is 39.7 Å². The van der Waals surface area contributed by atoms with Gasteiger partial charge in [-0.2, -0.15) is 0 Å². The first-order valence-electron chi connectivity index (χ1n) is 11.5. The number of amides is 2. The van der Waals surface area contributed by atoms with Gasteiger partial charge in [0.25, 0.3) is 0 Å². The first-order chi connectivity index (χ1) is 14.4. The van der Waals surface area contributed by atoms with E-state index >= 15 is 0 Å². The van der Waals surface area contributed by atoms with Crippen molar-refractivity contribution in [3.63, 3.8) is 0 Å². The predicted octanol–water partition coefficient (Wildman–Crippen LogP) is 2.70. The Bertz CT molecular complexity index is 720. The van der Waals surface area contributed by atoms with Crippen LogP contribution in [0.15, 0.2) is 24.3 Å². The van der Waals surface area contributed by atoms with E-state index in [9.17, 15) is 9.59 Å². The van der Waals surface area contributed by atoms with Crippen molar-refractivity contribution in [2.75, 3.05) is 51.1 Å². The molecule has 2 fully saturated rings. The second-order valence-electron chi connectivity index (χ2n) is 9.24. The van der Waals surface area contributed by atoms with Crippen LogP contribution < -0.4 is 5.32 Å². The molecule has 1 aromatic rings. The molecule has 6 nitrogen and oxygen atoms in total. The van der Waals surface area contributed by atoms with Gasteiger partial charge in [0.15, 0.2) is 0 Å². The van der Waals surface area contributed by atoms with E-state index in [4.69, 9.17) is 0 Å². The molecule has 0 radical (unpaired) electrons. The van der Waals surface area contributed by atoms with Crippen LogP contribution in [0.3, 0.4) is 0 Å². The number of nitrogens with zero attached hydrogens (tertiary/aromatic N) is 3. The van der Waals surface area contributed by atoms with E-state index in [2.05, 4.69) is 46.9 Å². The van der Waals surface area contributed by atoms with Crippen molar-refractivity contribution < 1.29 is 9.59 Å². The molecule has 0 bridgehead atoms. The lowest BCUT2D eigenvalue weighted by molar-refractivity contribution is -0.140. The van der Waals surface area contributed by atoms with Crippen molar-refractivity contribution in [1.29, 1.82) is 0 Å². The van der Waals surface area contributed by atoms with E-state index < -0.39 is 0 Å². The topological polar surface area (TPSA) is 55.9 Å². The van der Waals surface area contributed by atoms with Gasteiger partial charge in [-0.05, 0) is 43.2 Å². The molecule has 0 saturated carbocycles. The van der Waals surface area contributed by atoms with Gasteiger partial charge in [0.2, 0.25) is 11.8 Å². The molecule has 2 saturated heterocycles. The number of anilines is 1. The number of hydrogen-bond donors (Lipinski definition) is 1. The number of carbonyl (C=O) groups excluding carboxylic acids is 2. The molecule has 3 atom stereocenters. The zero-order chi connectivity index (χ0) is 21.7. The Labute approximate surface area is 181 Å². The standard InChI is InChI=1S/C24H38N4O2/c1-5-21-8-6-7-9-22(21)25-23(29)17-26-10-12-27(13-11-26)20(4)24(30)28-15-18(2)14-19(3)16-28/h6-9,18-20H,5,10-17H2,1-4H3,(H,25,29)/t18-,19+,20-/m0/s1. The summed E-state index contributed by atoms with van der Waals surface area (Å²) in [4.78, 5) is 32.0. The first kappa shape index (κ1) is 22.8. The summed E-state index contributed by atoms with van der Waals surface area (Å²) in [5.74, 6) is 1.46. The van der Waals surface area contributed by atoms with Gasteiger partial charge in [0.05, 0.1) is 12.6 Å². The normalized spacial score (nSPS) is 24.5. The van der Waals surface area contributed by atoms with Crippen LogP contribution in [-0.2, 0) is 16.0 Å². The van der Waals surface area contributed by atoms with E-state index in [0.29, 0.717) is 18.4 Å². The molecule has 1 aromatic carbocycles. The number of nitrogens with one attached hydrogen (secondary N) is 1. The Hall–Kier alpha value is -1.92. The number of piperidine rings is 1. The van der Waals surface area contributed by atoms with E-state index in [1.807, 2.05) is 25.1 Å². The van der Waals surface area contributed by atoms with E-state index in [1.54, 1.807) is 0 Å². The largest absolute Gasteiger partial charge is 0.341 e. The van der Waals surface area contributed by atoms with Crippen molar-refractivity contribution in [3.8, 4) is 0 Å². The van der Waals surface area contributed by atoms with Crippen molar-refractivity contribution in [1.82, 2.24) is 14.7 Å². The zero-order valence-electron chi connectivity index (χ0n) is 19.1. The fourth-order valence-corrected chi connectivity index (χ4v) is 4.92. The van der Waals surface area contributed by atoms with E-state index in [1.165, 1.54) is 6.42 Å². The summed E-state index contributed by atoms with van der Waals surface area (Å²) in [7, 11) is 0. The summed E-state index contributed by atoms with van der Waals surface area (Å²) in [5, 5.41) is 3.06. The molecule has 0 spiro atoms. The van der Waals surface area contributed by atoms with Gasteiger partial charge < -0.3 is 10.2 Å². The van der Waals surface area contributed by atoms with Crippen LogP contribution in [-0.4, -0.2) is 78.4 Å². The van der Waals surface area contributed by atoms with Crippen LogP contribution >= 0.6 is 0 Å². The second-order valence-corrected chi connectivity index (χ2v) is 9.24. The molecule has 2 amide bonds. The van der Waals surface area contributed by atoms with E-state index in [-0.39, 0.29) is 17.9 Å². The third-order valence-electron chi connectivity index (χ3n) is 6.53. The van der Waals surface area contributed by atoms with Crippen molar-refractivity contribution >= 4 is 17.5 Å². The lowest BCUT2D eigenvalue weighted by Gasteiger charge is -2.41. The Kier molecular flexibility index (Phi) is 7.89. The molecule has 2 aliphatic heterocycles. The summed E-state index contributed by atoms with van der Waals surface area (Å²) in [6.45, 7) is 14.0. The summed E-state index contributed by atoms with van der Waals surface area (Å²) in [6.07, 6.45) is 2.11. The molecule has 0 aliphatic carbocycles. The average molecular weight is 415 g/mol. The molecular weight excluding hydrogens is 376 g/mol. The number of likely N-dealkylation sites (tertiary alicyclic amines) is 1. The molecule has 6 heteroatoms. The highest BCUT2D eigenvalue weighted by atomic mass is 16.2.